The SMILES string of the molecule is Cc1nc(-c2cccc(C(=O)Cl)c2)n(C)c1C. The summed E-state index contributed by atoms with van der Waals surface area (Å²) < 4.78 is 2.01. The van der Waals surface area contributed by atoms with Crippen molar-refractivity contribution < 1.29 is 4.79 Å². The molecule has 0 aliphatic heterocycles. The second kappa shape index (κ2) is 4.34. The predicted molar refractivity (Wildman–Crippen MR) is 68.3 cm³/mol. The maximum absolute atomic E-state index is 11.1. The summed E-state index contributed by atoms with van der Waals surface area (Å²) in [6.07, 6.45) is 0. The minimum atomic E-state index is -0.450. The summed E-state index contributed by atoms with van der Waals surface area (Å²) in [5.41, 5.74) is 3.49. The van der Waals surface area contributed by atoms with E-state index in [0.717, 1.165) is 22.8 Å². The quantitative estimate of drug-likeness (QED) is 0.766. The second-order valence-electron chi connectivity index (χ2n) is 4.02. The van der Waals surface area contributed by atoms with E-state index < -0.39 is 5.24 Å². The van der Waals surface area contributed by atoms with Gasteiger partial charge in [0.15, 0.2) is 0 Å². The molecule has 1 aromatic carbocycles. The minimum absolute atomic E-state index is 0.450. The molecule has 0 atom stereocenters. The van der Waals surface area contributed by atoms with Gasteiger partial charge in [-0.3, -0.25) is 4.79 Å². The van der Waals surface area contributed by atoms with Crippen LogP contribution in [0, 0.1) is 13.8 Å². The van der Waals surface area contributed by atoms with E-state index in [1.807, 2.05) is 37.6 Å². The van der Waals surface area contributed by atoms with E-state index in [2.05, 4.69) is 4.98 Å². The van der Waals surface area contributed by atoms with Gasteiger partial charge in [-0.15, -0.1) is 0 Å². The van der Waals surface area contributed by atoms with E-state index in [1.165, 1.54) is 0 Å². The fourth-order valence-corrected chi connectivity index (χ4v) is 1.87. The van der Waals surface area contributed by atoms with Gasteiger partial charge in [0.05, 0.1) is 5.69 Å². The van der Waals surface area contributed by atoms with Gasteiger partial charge in [0.25, 0.3) is 5.24 Å². The van der Waals surface area contributed by atoms with E-state index in [-0.39, 0.29) is 0 Å². The lowest BCUT2D eigenvalue weighted by Crippen LogP contribution is -1.96. The molecular weight excluding hydrogens is 236 g/mol. The molecule has 2 aromatic rings. The van der Waals surface area contributed by atoms with E-state index >= 15 is 0 Å². The van der Waals surface area contributed by atoms with Crippen LogP contribution < -0.4 is 0 Å². The fourth-order valence-electron chi connectivity index (χ4n) is 1.76. The Bertz CT molecular complexity index is 587. The Morgan fingerprint density at radius 2 is 2.06 bits per heavy atom. The van der Waals surface area contributed by atoms with E-state index in [0.29, 0.717) is 5.56 Å². The lowest BCUT2D eigenvalue weighted by Gasteiger charge is -2.04. The zero-order valence-electron chi connectivity index (χ0n) is 9.99. The number of halogens is 1. The van der Waals surface area contributed by atoms with Crippen LogP contribution >= 0.6 is 11.6 Å². The standard InChI is InChI=1S/C13H13ClN2O/c1-8-9(2)16(3)13(15-8)11-6-4-5-10(7-11)12(14)17/h4-7H,1-3H3. The average Bonchev–Trinajstić information content (AvgIpc) is 2.57. The summed E-state index contributed by atoms with van der Waals surface area (Å²) in [5.74, 6) is 0.847. The van der Waals surface area contributed by atoms with Crippen LogP contribution in [0.1, 0.15) is 21.7 Å². The third-order valence-corrected chi connectivity index (χ3v) is 3.18. The molecule has 3 nitrogen and oxygen atoms in total. The molecule has 0 spiro atoms. The first-order valence-electron chi connectivity index (χ1n) is 5.31. The normalized spacial score (nSPS) is 10.6. The minimum Gasteiger partial charge on any atom is -0.331 e. The van der Waals surface area contributed by atoms with Crippen molar-refractivity contribution in [3.8, 4) is 11.4 Å². The second-order valence-corrected chi connectivity index (χ2v) is 4.36. The van der Waals surface area contributed by atoms with E-state index in [1.54, 1.807) is 12.1 Å². The predicted octanol–water partition coefficient (Wildman–Crippen LogP) is 3.08. The molecule has 4 heteroatoms. The van der Waals surface area contributed by atoms with Gasteiger partial charge in [0, 0.05) is 23.9 Å². The van der Waals surface area contributed by atoms with Crippen LogP contribution in [0.2, 0.25) is 0 Å². The highest BCUT2D eigenvalue weighted by Crippen LogP contribution is 2.22. The highest BCUT2D eigenvalue weighted by atomic mass is 35.5. The highest BCUT2D eigenvalue weighted by Gasteiger charge is 2.11. The fraction of sp³-hybridized carbons (Fsp3) is 0.231. The molecular formula is C13H13ClN2O. The number of aryl methyl sites for hydroxylation is 1. The lowest BCUT2D eigenvalue weighted by atomic mass is 10.1. The Labute approximate surface area is 105 Å². The zero-order chi connectivity index (χ0) is 12.6. The molecule has 0 saturated heterocycles. The van der Waals surface area contributed by atoms with Crippen molar-refractivity contribution in [3.63, 3.8) is 0 Å². The topological polar surface area (TPSA) is 34.9 Å². The number of benzene rings is 1. The van der Waals surface area contributed by atoms with Crippen molar-refractivity contribution in [1.29, 1.82) is 0 Å². The van der Waals surface area contributed by atoms with Crippen LogP contribution in [0.3, 0.4) is 0 Å². The van der Waals surface area contributed by atoms with Gasteiger partial charge >= 0.3 is 0 Å². The summed E-state index contributed by atoms with van der Waals surface area (Å²) in [5, 5.41) is -0.450. The maximum atomic E-state index is 11.1. The molecule has 0 unspecified atom stereocenters. The number of carbonyl (C=O) groups excluding carboxylic acids is 1. The van der Waals surface area contributed by atoms with Crippen LogP contribution in [-0.4, -0.2) is 14.8 Å². The smallest absolute Gasteiger partial charge is 0.252 e. The molecule has 0 saturated carbocycles. The number of imidazole rings is 1. The molecule has 1 aromatic heterocycles. The van der Waals surface area contributed by atoms with Gasteiger partial charge in [0.1, 0.15) is 5.82 Å². The van der Waals surface area contributed by atoms with Crippen molar-refractivity contribution in [2.45, 2.75) is 13.8 Å². The third kappa shape index (κ3) is 2.11. The summed E-state index contributed by atoms with van der Waals surface area (Å²) in [4.78, 5) is 15.6. The van der Waals surface area contributed by atoms with Crippen molar-refractivity contribution in [2.75, 3.05) is 0 Å². The molecule has 0 bridgehead atoms. The van der Waals surface area contributed by atoms with Gasteiger partial charge < -0.3 is 4.57 Å². The average molecular weight is 249 g/mol. The molecule has 0 aliphatic rings. The molecule has 17 heavy (non-hydrogen) atoms. The first kappa shape index (κ1) is 11.9. The number of carbonyl (C=O) groups is 1. The number of nitrogens with zero attached hydrogens (tertiary/aromatic N) is 2. The largest absolute Gasteiger partial charge is 0.331 e. The summed E-state index contributed by atoms with van der Waals surface area (Å²) in [6, 6.07) is 7.19. The van der Waals surface area contributed by atoms with Crippen LogP contribution in [0.5, 0.6) is 0 Å². The monoisotopic (exact) mass is 248 g/mol. The molecule has 0 aliphatic carbocycles. The van der Waals surface area contributed by atoms with Gasteiger partial charge in [-0.2, -0.15) is 0 Å². The first-order valence-corrected chi connectivity index (χ1v) is 5.68. The van der Waals surface area contributed by atoms with Crippen molar-refractivity contribution in [1.82, 2.24) is 9.55 Å². The number of aromatic nitrogens is 2. The Hall–Kier alpha value is -1.61. The number of hydrogen-bond donors (Lipinski definition) is 0. The maximum Gasteiger partial charge on any atom is 0.252 e. The molecule has 2 rings (SSSR count). The Morgan fingerprint density at radius 3 is 2.59 bits per heavy atom. The van der Waals surface area contributed by atoms with Gasteiger partial charge in [-0.25, -0.2) is 4.98 Å². The summed E-state index contributed by atoms with van der Waals surface area (Å²) in [7, 11) is 1.96. The number of hydrogen-bond acceptors (Lipinski definition) is 2. The molecule has 0 radical (unpaired) electrons. The lowest BCUT2D eigenvalue weighted by molar-refractivity contribution is 0.108. The van der Waals surface area contributed by atoms with E-state index in [4.69, 9.17) is 11.6 Å². The van der Waals surface area contributed by atoms with Crippen LogP contribution in [-0.2, 0) is 7.05 Å². The molecule has 0 amide bonds. The summed E-state index contributed by atoms with van der Waals surface area (Å²) in [6.45, 7) is 3.98. The Balaban J connectivity index is 2.56. The van der Waals surface area contributed by atoms with Crippen molar-refractivity contribution in [2.24, 2.45) is 7.05 Å². The van der Waals surface area contributed by atoms with Gasteiger partial charge in [-0.05, 0) is 31.5 Å². The van der Waals surface area contributed by atoms with Crippen molar-refractivity contribution in [3.05, 3.63) is 41.2 Å². The van der Waals surface area contributed by atoms with Crippen LogP contribution in [0.4, 0.5) is 0 Å². The zero-order valence-corrected chi connectivity index (χ0v) is 10.7. The first-order chi connectivity index (χ1) is 8.00. The van der Waals surface area contributed by atoms with Gasteiger partial charge in [-0.1, -0.05) is 18.2 Å². The Kier molecular flexibility index (Phi) is 3.03. The highest BCUT2D eigenvalue weighted by molar-refractivity contribution is 6.67. The van der Waals surface area contributed by atoms with Gasteiger partial charge in [0.2, 0.25) is 0 Å². The molecule has 88 valence electrons. The van der Waals surface area contributed by atoms with Crippen LogP contribution in [0.15, 0.2) is 24.3 Å². The third-order valence-electron chi connectivity index (χ3n) is 2.97. The molecule has 0 fully saturated rings. The molecule has 0 N–H and O–H groups in total. The Morgan fingerprint density at radius 1 is 1.35 bits per heavy atom. The number of rotatable bonds is 2. The molecule has 1 heterocycles. The van der Waals surface area contributed by atoms with E-state index in [9.17, 15) is 4.79 Å². The van der Waals surface area contributed by atoms with Crippen molar-refractivity contribution >= 4 is 16.8 Å². The summed E-state index contributed by atoms with van der Waals surface area (Å²) >= 11 is 5.47. The van der Waals surface area contributed by atoms with Crippen LogP contribution in [0.25, 0.3) is 11.4 Å².